The van der Waals surface area contributed by atoms with Crippen molar-refractivity contribution in [3.8, 4) is 0 Å². The van der Waals surface area contributed by atoms with Gasteiger partial charge in [-0.05, 0) is 80.0 Å². The summed E-state index contributed by atoms with van der Waals surface area (Å²) in [5.74, 6) is 2.31. The second-order valence-electron chi connectivity index (χ2n) is 11.3. The minimum absolute atomic E-state index is 0.166. The number of carbonyl (C=O) groups is 1. The minimum atomic E-state index is 0.166. The van der Waals surface area contributed by atoms with Crippen molar-refractivity contribution < 1.29 is 14.4 Å². The van der Waals surface area contributed by atoms with Crippen LogP contribution in [0.5, 0.6) is 0 Å². The Bertz CT molecular complexity index is 609. The number of fused-ring (bicyclic) bond motifs is 5. The van der Waals surface area contributed by atoms with Gasteiger partial charge in [-0.2, -0.15) is 0 Å². The molecule has 3 aliphatic carbocycles. The van der Waals surface area contributed by atoms with Crippen LogP contribution < -0.4 is 0 Å². The largest absolute Gasteiger partial charge is 0.378 e. The first-order chi connectivity index (χ1) is 14.4. The molecule has 4 nitrogen and oxygen atoms in total. The molecule has 0 N–H and O–H groups in total. The normalized spacial score (nSPS) is 43.3. The molecule has 3 saturated carbocycles. The second kappa shape index (κ2) is 9.10. The summed E-state index contributed by atoms with van der Waals surface area (Å²) in [4.78, 5) is 19.1. The van der Waals surface area contributed by atoms with Crippen molar-refractivity contribution in [3.63, 3.8) is 0 Å². The Labute approximate surface area is 184 Å². The van der Waals surface area contributed by atoms with E-state index in [2.05, 4.69) is 27.7 Å². The number of amides is 1. The maximum Gasteiger partial charge on any atom is 0.246 e. The van der Waals surface area contributed by atoms with Gasteiger partial charge in [0.15, 0.2) is 0 Å². The standard InChI is InChI=1S/C26H45NO3/c1-5-7-16-29-21-18-22-26(4,15-12-23(28)27(22)30-17-8-6-2)20-11-14-25(3)13-9-10-19(25)24(20)21/h19-22,24H,5-18H2,1-4H3/t19-,20+,21?,22?,24-,25-,26+/m0/s1. The van der Waals surface area contributed by atoms with Crippen LogP contribution >= 0.6 is 0 Å². The van der Waals surface area contributed by atoms with E-state index in [9.17, 15) is 4.79 Å². The highest BCUT2D eigenvalue weighted by Crippen LogP contribution is 2.65. The number of ether oxygens (including phenoxy) is 1. The van der Waals surface area contributed by atoms with E-state index in [0.29, 0.717) is 30.3 Å². The van der Waals surface area contributed by atoms with Crippen molar-refractivity contribution >= 4 is 5.91 Å². The van der Waals surface area contributed by atoms with Crippen molar-refractivity contribution in [2.24, 2.45) is 28.6 Å². The van der Waals surface area contributed by atoms with Gasteiger partial charge in [-0.3, -0.25) is 9.63 Å². The fraction of sp³-hybridized carbons (Fsp3) is 0.962. The minimum Gasteiger partial charge on any atom is -0.378 e. The van der Waals surface area contributed by atoms with E-state index in [-0.39, 0.29) is 23.5 Å². The fourth-order valence-electron chi connectivity index (χ4n) is 7.77. The number of unbranched alkanes of at least 4 members (excludes halogenated alkanes) is 2. The van der Waals surface area contributed by atoms with E-state index in [1.54, 1.807) is 0 Å². The first-order valence-corrected chi connectivity index (χ1v) is 13.0. The lowest BCUT2D eigenvalue weighted by molar-refractivity contribution is -0.262. The first-order valence-electron chi connectivity index (χ1n) is 13.0. The van der Waals surface area contributed by atoms with Gasteiger partial charge in [0.2, 0.25) is 5.91 Å². The zero-order chi connectivity index (χ0) is 21.4. The van der Waals surface area contributed by atoms with Crippen LogP contribution in [0.2, 0.25) is 0 Å². The van der Waals surface area contributed by atoms with Gasteiger partial charge in [0.1, 0.15) is 0 Å². The molecule has 0 aromatic rings. The number of hydrogen-bond donors (Lipinski definition) is 0. The third-order valence-corrected chi connectivity index (χ3v) is 9.57. The molecule has 0 spiro atoms. The maximum atomic E-state index is 12.9. The van der Waals surface area contributed by atoms with Crippen molar-refractivity contribution in [1.29, 1.82) is 0 Å². The summed E-state index contributed by atoms with van der Waals surface area (Å²) < 4.78 is 6.66. The number of hydrogen-bond acceptors (Lipinski definition) is 3. The molecule has 30 heavy (non-hydrogen) atoms. The molecule has 0 bridgehead atoms. The Hall–Kier alpha value is -0.610. The van der Waals surface area contributed by atoms with Crippen molar-refractivity contribution in [1.82, 2.24) is 5.06 Å². The number of piperidine rings is 1. The van der Waals surface area contributed by atoms with Crippen LogP contribution in [-0.4, -0.2) is 36.3 Å². The molecule has 4 heteroatoms. The van der Waals surface area contributed by atoms with Gasteiger partial charge in [-0.1, -0.05) is 47.0 Å². The summed E-state index contributed by atoms with van der Waals surface area (Å²) >= 11 is 0. The zero-order valence-corrected chi connectivity index (χ0v) is 20.0. The molecule has 0 radical (unpaired) electrons. The Morgan fingerprint density at radius 3 is 2.53 bits per heavy atom. The molecule has 2 unspecified atom stereocenters. The fourth-order valence-corrected chi connectivity index (χ4v) is 7.77. The summed E-state index contributed by atoms with van der Waals surface area (Å²) in [6, 6.07) is 0.175. The van der Waals surface area contributed by atoms with Gasteiger partial charge in [0.05, 0.1) is 18.8 Å². The van der Waals surface area contributed by atoms with E-state index in [0.717, 1.165) is 44.6 Å². The second-order valence-corrected chi connectivity index (χ2v) is 11.3. The summed E-state index contributed by atoms with van der Waals surface area (Å²) in [5.41, 5.74) is 0.678. The molecule has 1 heterocycles. The molecule has 4 aliphatic rings. The number of rotatable bonds is 8. The summed E-state index contributed by atoms with van der Waals surface area (Å²) in [5, 5.41) is 1.83. The molecule has 4 rings (SSSR count). The molecule has 1 saturated heterocycles. The van der Waals surface area contributed by atoms with E-state index in [1.807, 2.05) is 5.06 Å². The maximum absolute atomic E-state index is 12.9. The molecule has 1 aliphatic heterocycles. The molecule has 172 valence electrons. The number of carbonyl (C=O) groups excluding carboxylic acids is 1. The zero-order valence-electron chi connectivity index (χ0n) is 20.0. The molecule has 7 atom stereocenters. The Kier molecular flexibility index (Phi) is 6.85. The van der Waals surface area contributed by atoms with Crippen molar-refractivity contribution in [3.05, 3.63) is 0 Å². The van der Waals surface area contributed by atoms with E-state index in [1.165, 1.54) is 38.5 Å². The SMILES string of the molecule is CCCCOC1CC2N(OCCCC)C(=O)CC[C@]2(C)[C@@H]2CC[C@]3(C)CCC[C@H]3[C@H]12. The Balaban J connectivity index is 1.62. The highest BCUT2D eigenvalue weighted by atomic mass is 16.7. The Morgan fingerprint density at radius 1 is 1.00 bits per heavy atom. The van der Waals surface area contributed by atoms with Crippen LogP contribution in [0, 0.1) is 28.6 Å². The third-order valence-electron chi connectivity index (χ3n) is 9.57. The lowest BCUT2D eigenvalue weighted by Gasteiger charge is -2.63. The van der Waals surface area contributed by atoms with Gasteiger partial charge in [-0.25, -0.2) is 5.06 Å². The predicted octanol–water partition coefficient (Wildman–Crippen LogP) is 6.14. The molecule has 0 aromatic heterocycles. The highest BCUT2D eigenvalue weighted by molar-refractivity contribution is 5.76. The smallest absolute Gasteiger partial charge is 0.246 e. The van der Waals surface area contributed by atoms with Gasteiger partial charge in [-0.15, -0.1) is 0 Å². The summed E-state index contributed by atoms with van der Waals surface area (Å²) in [6.45, 7) is 11.0. The van der Waals surface area contributed by atoms with Crippen molar-refractivity contribution in [2.75, 3.05) is 13.2 Å². The quantitative estimate of drug-likeness (QED) is 0.444. The van der Waals surface area contributed by atoms with Gasteiger partial charge >= 0.3 is 0 Å². The monoisotopic (exact) mass is 419 g/mol. The van der Waals surface area contributed by atoms with Crippen LogP contribution in [0.3, 0.4) is 0 Å². The van der Waals surface area contributed by atoms with Gasteiger partial charge in [0.25, 0.3) is 0 Å². The Morgan fingerprint density at radius 2 is 1.77 bits per heavy atom. The average Bonchev–Trinajstić information content (AvgIpc) is 3.13. The van der Waals surface area contributed by atoms with E-state index in [4.69, 9.17) is 9.57 Å². The number of hydroxylamine groups is 2. The van der Waals surface area contributed by atoms with Crippen LogP contribution in [0.15, 0.2) is 0 Å². The first kappa shape index (κ1) is 22.6. The lowest BCUT2D eigenvalue weighted by Crippen LogP contribution is -2.65. The van der Waals surface area contributed by atoms with E-state index < -0.39 is 0 Å². The van der Waals surface area contributed by atoms with Gasteiger partial charge in [0, 0.05) is 13.0 Å². The van der Waals surface area contributed by atoms with E-state index >= 15 is 0 Å². The van der Waals surface area contributed by atoms with Gasteiger partial charge < -0.3 is 4.74 Å². The average molecular weight is 420 g/mol. The van der Waals surface area contributed by atoms with Crippen LogP contribution in [-0.2, 0) is 14.4 Å². The lowest BCUT2D eigenvalue weighted by atomic mass is 9.47. The van der Waals surface area contributed by atoms with Crippen LogP contribution in [0.25, 0.3) is 0 Å². The summed E-state index contributed by atoms with van der Waals surface area (Å²) in [6.07, 6.45) is 14.1. The topological polar surface area (TPSA) is 38.8 Å². The van der Waals surface area contributed by atoms with Crippen molar-refractivity contribution in [2.45, 2.75) is 117 Å². The van der Waals surface area contributed by atoms with Crippen LogP contribution in [0.4, 0.5) is 0 Å². The molecule has 4 fully saturated rings. The third kappa shape index (κ3) is 3.85. The molecular formula is C26H45NO3. The number of nitrogens with zero attached hydrogens (tertiary/aromatic N) is 1. The predicted molar refractivity (Wildman–Crippen MR) is 120 cm³/mol. The summed E-state index contributed by atoms with van der Waals surface area (Å²) in [7, 11) is 0. The van der Waals surface area contributed by atoms with Crippen LogP contribution in [0.1, 0.15) is 105 Å². The molecular weight excluding hydrogens is 374 g/mol. The molecule has 0 aromatic carbocycles. The highest BCUT2D eigenvalue weighted by Gasteiger charge is 2.63. The molecule has 1 amide bonds.